The zero-order valence-electron chi connectivity index (χ0n) is 11.5. The molecule has 0 radical (unpaired) electrons. The quantitative estimate of drug-likeness (QED) is 0.277. The highest BCUT2D eigenvalue weighted by Gasteiger charge is 2.39. The smallest absolute Gasteiger partial charge is 0.364 e. The van der Waals surface area contributed by atoms with E-state index < -0.39 is 8.97 Å². The normalized spacial score (nSPS) is 12.0. The first-order valence-corrected chi connectivity index (χ1v) is 7.87. The second-order valence-electron chi connectivity index (χ2n) is 3.76. The summed E-state index contributed by atoms with van der Waals surface area (Å²) in [6.07, 6.45) is 6.30. The maximum Gasteiger partial charge on any atom is 0.611 e. The zero-order chi connectivity index (χ0) is 13.0. The molecule has 17 heavy (non-hydrogen) atoms. The molecule has 0 amide bonds. The second kappa shape index (κ2) is 11.1. The van der Waals surface area contributed by atoms with Gasteiger partial charge in [0.2, 0.25) is 0 Å². The molecule has 104 valence electrons. The average Bonchev–Trinajstić information content (AvgIpc) is 2.38. The standard InChI is InChI=1S/C10H27N3O3Si/c1-5-6-7-8-9-10-11-12-13-17(14-2,15-3)16-4/h11-13H,5-10H2,1-4H3. The van der Waals surface area contributed by atoms with E-state index in [0.717, 1.165) is 13.0 Å². The SMILES string of the molecule is CCCCCCCNNN[Si](OC)(OC)OC. The van der Waals surface area contributed by atoms with Gasteiger partial charge in [-0.2, -0.15) is 10.6 Å². The molecule has 0 atom stereocenters. The average molecular weight is 265 g/mol. The Balaban J connectivity index is 3.43. The summed E-state index contributed by atoms with van der Waals surface area (Å²) < 4.78 is 15.5. The molecule has 0 saturated carbocycles. The molecular formula is C10H27N3O3Si. The predicted octanol–water partition coefficient (Wildman–Crippen LogP) is 0.930. The molecule has 0 aromatic rings. The van der Waals surface area contributed by atoms with E-state index in [1.165, 1.54) is 25.7 Å². The summed E-state index contributed by atoms with van der Waals surface area (Å²) >= 11 is 0. The summed E-state index contributed by atoms with van der Waals surface area (Å²) in [7, 11) is 1.94. The minimum Gasteiger partial charge on any atom is -0.364 e. The number of hydrogen-bond acceptors (Lipinski definition) is 6. The first kappa shape index (κ1) is 17.0. The van der Waals surface area contributed by atoms with Crippen LogP contribution in [0.2, 0.25) is 0 Å². The summed E-state index contributed by atoms with van der Waals surface area (Å²) in [5, 5.41) is 2.90. The molecule has 0 aromatic carbocycles. The highest BCUT2D eigenvalue weighted by molar-refractivity contribution is 6.57. The third-order valence-corrected chi connectivity index (χ3v) is 4.56. The Bertz CT molecular complexity index is 163. The molecule has 0 spiro atoms. The molecule has 0 unspecified atom stereocenters. The van der Waals surface area contributed by atoms with Gasteiger partial charge in [-0.15, -0.1) is 0 Å². The van der Waals surface area contributed by atoms with Gasteiger partial charge in [0, 0.05) is 27.9 Å². The van der Waals surface area contributed by atoms with Crippen LogP contribution in [0.4, 0.5) is 0 Å². The van der Waals surface area contributed by atoms with Crippen molar-refractivity contribution in [3.05, 3.63) is 0 Å². The lowest BCUT2D eigenvalue weighted by molar-refractivity contribution is 0.101. The Kier molecular flexibility index (Phi) is 11.1. The van der Waals surface area contributed by atoms with E-state index in [-0.39, 0.29) is 0 Å². The molecule has 0 fully saturated rings. The molecule has 0 heterocycles. The van der Waals surface area contributed by atoms with E-state index >= 15 is 0 Å². The maximum atomic E-state index is 5.18. The third-order valence-electron chi connectivity index (χ3n) is 2.52. The summed E-state index contributed by atoms with van der Waals surface area (Å²) in [6, 6.07) is 0. The number of nitrogens with one attached hydrogen (secondary N) is 3. The van der Waals surface area contributed by atoms with Gasteiger partial charge in [-0.3, -0.25) is 0 Å². The van der Waals surface area contributed by atoms with Crippen LogP contribution in [-0.2, 0) is 13.3 Å². The van der Waals surface area contributed by atoms with Gasteiger partial charge in [-0.25, -0.2) is 5.43 Å². The van der Waals surface area contributed by atoms with E-state index in [2.05, 4.69) is 23.0 Å². The maximum absolute atomic E-state index is 5.18. The Hall–Kier alpha value is -0.0231. The highest BCUT2D eigenvalue weighted by Crippen LogP contribution is 2.01. The van der Waals surface area contributed by atoms with Crippen LogP contribution >= 0.6 is 0 Å². The first-order valence-electron chi connectivity index (χ1n) is 6.15. The lowest BCUT2D eigenvalue weighted by Crippen LogP contribution is -2.65. The van der Waals surface area contributed by atoms with E-state index in [9.17, 15) is 0 Å². The molecule has 0 aliphatic carbocycles. The molecule has 7 heteroatoms. The lowest BCUT2D eigenvalue weighted by Gasteiger charge is -2.24. The van der Waals surface area contributed by atoms with Crippen molar-refractivity contribution >= 4 is 8.97 Å². The van der Waals surface area contributed by atoms with Gasteiger partial charge in [0.15, 0.2) is 0 Å². The molecule has 0 aromatic heterocycles. The van der Waals surface area contributed by atoms with Gasteiger partial charge in [0.25, 0.3) is 0 Å². The van der Waals surface area contributed by atoms with Crippen LogP contribution in [0, 0.1) is 0 Å². The van der Waals surface area contributed by atoms with Gasteiger partial charge in [-0.05, 0) is 6.42 Å². The summed E-state index contributed by atoms with van der Waals surface area (Å²) in [5.41, 5.74) is 5.91. The summed E-state index contributed by atoms with van der Waals surface area (Å²) in [4.78, 5) is 0. The first-order chi connectivity index (χ1) is 8.24. The van der Waals surface area contributed by atoms with Gasteiger partial charge < -0.3 is 13.3 Å². The van der Waals surface area contributed by atoms with Gasteiger partial charge in [0.1, 0.15) is 0 Å². The van der Waals surface area contributed by atoms with E-state index in [4.69, 9.17) is 13.3 Å². The molecule has 0 rings (SSSR count). The summed E-state index contributed by atoms with van der Waals surface area (Å²) in [5.74, 6) is 0. The van der Waals surface area contributed by atoms with E-state index in [1.54, 1.807) is 21.3 Å². The van der Waals surface area contributed by atoms with Crippen molar-refractivity contribution in [3.8, 4) is 0 Å². The number of rotatable bonds is 12. The van der Waals surface area contributed by atoms with Crippen molar-refractivity contribution in [1.29, 1.82) is 0 Å². The van der Waals surface area contributed by atoms with E-state index in [0.29, 0.717) is 0 Å². The fourth-order valence-electron chi connectivity index (χ4n) is 1.40. The van der Waals surface area contributed by atoms with Crippen molar-refractivity contribution < 1.29 is 13.3 Å². The van der Waals surface area contributed by atoms with Crippen molar-refractivity contribution in [1.82, 2.24) is 16.1 Å². The van der Waals surface area contributed by atoms with Crippen LogP contribution < -0.4 is 16.1 Å². The fourth-order valence-corrected chi connectivity index (χ4v) is 2.45. The fraction of sp³-hybridized carbons (Fsp3) is 1.00. The lowest BCUT2D eigenvalue weighted by atomic mass is 10.2. The Labute approximate surface area is 106 Å². The Morgan fingerprint density at radius 3 is 2.00 bits per heavy atom. The van der Waals surface area contributed by atoms with Crippen molar-refractivity contribution in [3.63, 3.8) is 0 Å². The van der Waals surface area contributed by atoms with Crippen LogP contribution in [0.15, 0.2) is 0 Å². The van der Waals surface area contributed by atoms with Gasteiger partial charge in [-0.1, -0.05) is 32.6 Å². The van der Waals surface area contributed by atoms with Crippen molar-refractivity contribution in [2.24, 2.45) is 0 Å². The van der Waals surface area contributed by atoms with Gasteiger partial charge in [0.05, 0.1) is 0 Å². The molecule has 0 aliphatic heterocycles. The molecule has 0 bridgehead atoms. The van der Waals surface area contributed by atoms with Crippen molar-refractivity contribution in [2.75, 3.05) is 27.9 Å². The predicted molar refractivity (Wildman–Crippen MR) is 69.8 cm³/mol. The molecular weight excluding hydrogens is 238 g/mol. The van der Waals surface area contributed by atoms with Gasteiger partial charge >= 0.3 is 8.97 Å². The minimum atomic E-state index is -2.72. The highest BCUT2D eigenvalue weighted by atomic mass is 28.4. The topological polar surface area (TPSA) is 63.8 Å². The number of hydrazine groups is 2. The largest absolute Gasteiger partial charge is 0.611 e. The van der Waals surface area contributed by atoms with Crippen LogP contribution in [-0.4, -0.2) is 36.8 Å². The summed E-state index contributed by atoms with van der Waals surface area (Å²) in [6.45, 7) is 3.12. The van der Waals surface area contributed by atoms with Crippen LogP contribution in [0.5, 0.6) is 0 Å². The molecule has 3 N–H and O–H groups in total. The van der Waals surface area contributed by atoms with Crippen LogP contribution in [0.25, 0.3) is 0 Å². The zero-order valence-corrected chi connectivity index (χ0v) is 12.5. The molecule has 0 aliphatic rings. The second-order valence-corrected chi connectivity index (χ2v) is 6.35. The van der Waals surface area contributed by atoms with Crippen LogP contribution in [0.1, 0.15) is 39.0 Å². The number of unbranched alkanes of at least 4 members (excludes halogenated alkanes) is 4. The monoisotopic (exact) mass is 265 g/mol. The molecule has 0 saturated heterocycles. The van der Waals surface area contributed by atoms with E-state index in [1.807, 2.05) is 0 Å². The third kappa shape index (κ3) is 7.82. The number of hydrogen-bond donors (Lipinski definition) is 3. The minimum absolute atomic E-state index is 0.901. The Morgan fingerprint density at radius 2 is 1.47 bits per heavy atom. The Morgan fingerprint density at radius 1 is 0.882 bits per heavy atom. The van der Waals surface area contributed by atoms with Crippen molar-refractivity contribution in [2.45, 2.75) is 39.0 Å². The van der Waals surface area contributed by atoms with Crippen LogP contribution in [0.3, 0.4) is 0 Å². The molecule has 6 nitrogen and oxygen atoms in total.